The number of aryl methyl sites for hydroxylation is 1. The third-order valence-corrected chi connectivity index (χ3v) is 3.76. The Morgan fingerprint density at radius 3 is 1.91 bits per heavy atom. The molecule has 2 nitrogen and oxygen atoms in total. The van der Waals surface area contributed by atoms with Crippen LogP contribution in [-0.4, -0.2) is 6.29 Å². The minimum absolute atomic E-state index is 0.509. The predicted molar refractivity (Wildman–Crippen MR) is 92.8 cm³/mol. The number of rotatable bonds is 5. The van der Waals surface area contributed by atoms with Gasteiger partial charge >= 0.3 is 0 Å². The van der Waals surface area contributed by atoms with Gasteiger partial charge in [0.05, 0.1) is 0 Å². The summed E-state index contributed by atoms with van der Waals surface area (Å²) in [6.45, 7) is 2.60. The summed E-state index contributed by atoms with van der Waals surface area (Å²) >= 11 is 0. The highest BCUT2D eigenvalue weighted by molar-refractivity contribution is 5.74. The van der Waals surface area contributed by atoms with Gasteiger partial charge in [-0.2, -0.15) is 0 Å². The van der Waals surface area contributed by atoms with Crippen LogP contribution in [0.3, 0.4) is 0 Å². The van der Waals surface area contributed by atoms with Crippen molar-refractivity contribution in [1.29, 1.82) is 0 Å². The monoisotopic (exact) mass is 302 g/mol. The van der Waals surface area contributed by atoms with E-state index < -0.39 is 0 Å². The van der Waals surface area contributed by atoms with Gasteiger partial charge in [0.1, 0.15) is 18.6 Å². The third-order valence-electron chi connectivity index (χ3n) is 3.76. The fourth-order valence-electron chi connectivity index (χ4n) is 2.35. The van der Waals surface area contributed by atoms with Gasteiger partial charge in [0, 0.05) is 5.56 Å². The van der Waals surface area contributed by atoms with Gasteiger partial charge in [0.25, 0.3) is 0 Å². The number of carbonyl (C=O) groups is 1. The number of ether oxygens (including phenoxy) is 1. The number of aldehydes is 1. The average Bonchev–Trinajstić information content (AvgIpc) is 2.61. The molecule has 0 N–H and O–H groups in total. The van der Waals surface area contributed by atoms with Crippen LogP contribution in [0.1, 0.15) is 21.5 Å². The standard InChI is InChI=1S/C21H18O2/c1-16-2-8-19(9-3-16)20-10-4-18(5-11-20)15-23-21-12-6-17(14-22)7-13-21/h2-14H,15H2,1H3. The van der Waals surface area contributed by atoms with Gasteiger partial charge in [0.2, 0.25) is 0 Å². The quantitative estimate of drug-likeness (QED) is 0.616. The van der Waals surface area contributed by atoms with E-state index in [1.165, 1.54) is 16.7 Å². The van der Waals surface area contributed by atoms with E-state index in [1.54, 1.807) is 12.1 Å². The molecule has 0 saturated carbocycles. The van der Waals surface area contributed by atoms with Gasteiger partial charge in [-0.05, 0) is 47.9 Å². The highest BCUT2D eigenvalue weighted by atomic mass is 16.5. The Morgan fingerprint density at radius 2 is 1.35 bits per heavy atom. The minimum atomic E-state index is 0.509. The van der Waals surface area contributed by atoms with Crippen LogP contribution in [-0.2, 0) is 6.61 Å². The molecule has 0 fully saturated rings. The van der Waals surface area contributed by atoms with E-state index in [2.05, 4.69) is 55.5 Å². The summed E-state index contributed by atoms with van der Waals surface area (Å²) in [6.07, 6.45) is 0.827. The fourth-order valence-corrected chi connectivity index (χ4v) is 2.35. The van der Waals surface area contributed by atoms with Gasteiger partial charge in [-0.15, -0.1) is 0 Å². The zero-order valence-electron chi connectivity index (χ0n) is 13.0. The third kappa shape index (κ3) is 3.86. The molecular weight excluding hydrogens is 284 g/mol. The molecule has 0 aliphatic rings. The van der Waals surface area contributed by atoms with Crippen LogP contribution in [0.2, 0.25) is 0 Å². The molecule has 0 radical (unpaired) electrons. The molecule has 0 aromatic heterocycles. The second-order valence-corrected chi connectivity index (χ2v) is 5.54. The molecule has 0 heterocycles. The molecule has 0 bridgehead atoms. The molecule has 0 aliphatic carbocycles. The van der Waals surface area contributed by atoms with Gasteiger partial charge < -0.3 is 4.74 Å². The molecule has 0 amide bonds. The van der Waals surface area contributed by atoms with Gasteiger partial charge in [0.15, 0.2) is 0 Å². The maximum absolute atomic E-state index is 10.6. The van der Waals surface area contributed by atoms with E-state index in [0.717, 1.165) is 17.6 Å². The number of hydrogen-bond donors (Lipinski definition) is 0. The molecule has 3 rings (SSSR count). The maximum atomic E-state index is 10.6. The lowest BCUT2D eigenvalue weighted by Gasteiger charge is -2.08. The minimum Gasteiger partial charge on any atom is -0.489 e. The second-order valence-electron chi connectivity index (χ2n) is 5.54. The van der Waals surface area contributed by atoms with E-state index in [4.69, 9.17) is 4.74 Å². The van der Waals surface area contributed by atoms with Crippen LogP contribution in [0.15, 0.2) is 72.8 Å². The lowest BCUT2D eigenvalue weighted by molar-refractivity contribution is 0.112. The molecule has 0 atom stereocenters. The van der Waals surface area contributed by atoms with E-state index in [-0.39, 0.29) is 0 Å². The molecule has 0 spiro atoms. The Balaban J connectivity index is 1.65. The fraction of sp³-hybridized carbons (Fsp3) is 0.0952. The first-order chi connectivity index (χ1) is 11.2. The van der Waals surface area contributed by atoms with Crippen LogP contribution in [0.5, 0.6) is 5.75 Å². The van der Waals surface area contributed by atoms with Crippen molar-refractivity contribution in [2.45, 2.75) is 13.5 Å². The number of hydrogen-bond acceptors (Lipinski definition) is 2. The Kier molecular flexibility index (Phi) is 4.53. The van der Waals surface area contributed by atoms with E-state index >= 15 is 0 Å². The first-order valence-corrected chi connectivity index (χ1v) is 7.58. The first kappa shape index (κ1) is 15.0. The molecule has 114 valence electrons. The molecule has 23 heavy (non-hydrogen) atoms. The van der Waals surface area contributed by atoms with Crippen LogP contribution < -0.4 is 4.74 Å². The topological polar surface area (TPSA) is 26.3 Å². The molecular formula is C21H18O2. The summed E-state index contributed by atoms with van der Waals surface area (Å²) in [6, 6.07) is 24.0. The summed E-state index contributed by atoms with van der Waals surface area (Å²) in [5.41, 5.74) is 5.44. The molecule has 3 aromatic rings. The largest absolute Gasteiger partial charge is 0.489 e. The highest BCUT2D eigenvalue weighted by Gasteiger charge is 2.00. The zero-order valence-corrected chi connectivity index (χ0v) is 13.0. The SMILES string of the molecule is Cc1ccc(-c2ccc(COc3ccc(C=O)cc3)cc2)cc1. The number of carbonyl (C=O) groups excluding carboxylic acids is 1. The van der Waals surface area contributed by atoms with Crippen LogP contribution >= 0.6 is 0 Å². The van der Waals surface area contributed by atoms with E-state index in [9.17, 15) is 4.79 Å². The van der Waals surface area contributed by atoms with Gasteiger partial charge in [-0.25, -0.2) is 0 Å². The summed E-state index contributed by atoms with van der Waals surface area (Å²) in [7, 11) is 0. The first-order valence-electron chi connectivity index (χ1n) is 7.58. The lowest BCUT2D eigenvalue weighted by Crippen LogP contribution is -1.95. The van der Waals surface area contributed by atoms with Crippen molar-refractivity contribution in [2.24, 2.45) is 0 Å². The predicted octanol–water partition coefficient (Wildman–Crippen LogP) is 5.05. The molecule has 3 aromatic carbocycles. The van der Waals surface area contributed by atoms with Crippen molar-refractivity contribution in [3.8, 4) is 16.9 Å². The van der Waals surface area contributed by atoms with Crippen molar-refractivity contribution in [3.05, 3.63) is 89.5 Å². The van der Waals surface area contributed by atoms with E-state index in [1.807, 2.05) is 12.1 Å². The van der Waals surface area contributed by atoms with Crippen LogP contribution in [0, 0.1) is 6.92 Å². The normalized spacial score (nSPS) is 10.3. The number of benzene rings is 3. The zero-order chi connectivity index (χ0) is 16.1. The Bertz CT molecular complexity index is 770. The average molecular weight is 302 g/mol. The Hall–Kier alpha value is -2.87. The van der Waals surface area contributed by atoms with Gasteiger partial charge in [-0.3, -0.25) is 4.79 Å². The molecule has 0 unspecified atom stereocenters. The Labute approximate surface area is 136 Å². The molecule has 2 heteroatoms. The Morgan fingerprint density at radius 1 is 0.783 bits per heavy atom. The van der Waals surface area contributed by atoms with Crippen molar-refractivity contribution >= 4 is 6.29 Å². The summed E-state index contributed by atoms with van der Waals surface area (Å²) in [4.78, 5) is 10.6. The van der Waals surface area contributed by atoms with Crippen molar-refractivity contribution in [1.82, 2.24) is 0 Å². The second kappa shape index (κ2) is 6.93. The van der Waals surface area contributed by atoms with Crippen molar-refractivity contribution < 1.29 is 9.53 Å². The smallest absolute Gasteiger partial charge is 0.150 e. The van der Waals surface area contributed by atoms with Crippen molar-refractivity contribution in [2.75, 3.05) is 0 Å². The lowest BCUT2D eigenvalue weighted by atomic mass is 10.0. The van der Waals surface area contributed by atoms with Gasteiger partial charge in [-0.1, -0.05) is 54.1 Å². The highest BCUT2D eigenvalue weighted by Crippen LogP contribution is 2.21. The van der Waals surface area contributed by atoms with Crippen LogP contribution in [0.4, 0.5) is 0 Å². The van der Waals surface area contributed by atoms with Crippen LogP contribution in [0.25, 0.3) is 11.1 Å². The maximum Gasteiger partial charge on any atom is 0.150 e. The molecule has 0 aliphatic heterocycles. The summed E-state index contributed by atoms with van der Waals surface area (Å²) in [5, 5.41) is 0. The van der Waals surface area contributed by atoms with Crippen molar-refractivity contribution in [3.63, 3.8) is 0 Å². The summed E-state index contributed by atoms with van der Waals surface area (Å²) < 4.78 is 5.74. The summed E-state index contributed by atoms with van der Waals surface area (Å²) in [5.74, 6) is 0.762. The molecule has 0 saturated heterocycles. The van der Waals surface area contributed by atoms with E-state index in [0.29, 0.717) is 12.2 Å².